The molecule has 0 saturated carbocycles. The smallest absolute Gasteiger partial charge is 0.185 e. The quantitative estimate of drug-likeness (QED) is 0.202. The number of aryl methyl sites for hydroxylation is 1. The lowest BCUT2D eigenvalue weighted by Crippen LogP contribution is -1.76. The minimum absolute atomic E-state index is 0.375. The van der Waals surface area contributed by atoms with Crippen LogP contribution in [0.5, 0.6) is 0 Å². The van der Waals surface area contributed by atoms with E-state index in [9.17, 15) is 9.59 Å². The summed E-state index contributed by atoms with van der Waals surface area (Å²) in [5, 5.41) is 9.80. The molecule has 0 atom stereocenters. The summed E-state index contributed by atoms with van der Waals surface area (Å²) in [5.74, 6) is 0.375. The van der Waals surface area contributed by atoms with E-state index in [1.54, 1.807) is 18.2 Å². The maximum atomic E-state index is 10.4. The lowest BCUT2D eigenvalue weighted by atomic mass is 10.1. The van der Waals surface area contributed by atoms with Crippen LogP contribution in [0, 0.1) is 18.3 Å². The van der Waals surface area contributed by atoms with Gasteiger partial charge in [0, 0.05) is 4.70 Å². The molecule has 154 valence electrons. The Labute approximate surface area is 185 Å². The first-order valence-electron chi connectivity index (χ1n) is 9.33. The number of nitriles is 1. The van der Waals surface area contributed by atoms with Crippen LogP contribution in [-0.4, -0.2) is 12.6 Å². The minimum atomic E-state index is 0.375. The molecule has 2 aromatic carbocycles. The third kappa shape index (κ3) is 7.73. The molecule has 0 N–H and O–H groups in total. The van der Waals surface area contributed by atoms with Crippen LogP contribution in [0.3, 0.4) is 0 Å². The molecule has 4 rings (SSSR count). The van der Waals surface area contributed by atoms with Crippen molar-refractivity contribution in [3.05, 3.63) is 113 Å². The molecular weight excluding hydrogens is 406 g/mol. The van der Waals surface area contributed by atoms with Crippen molar-refractivity contribution < 1.29 is 14.0 Å². The Morgan fingerprint density at radius 3 is 2.29 bits per heavy atom. The lowest BCUT2D eigenvalue weighted by molar-refractivity contribution is 0.109. The van der Waals surface area contributed by atoms with Gasteiger partial charge in [-0.2, -0.15) is 5.26 Å². The summed E-state index contributed by atoms with van der Waals surface area (Å²) >= 11 is 1.53. The number of thiophene rings is 1. The van der Waals surface area contributed by atoms with Crippen LogP contribution in [0.15, 0.2) is 95.6 Å². The first-order chi connectivity index (χ1) is 15.1. The molecule has 0 spiro atoms. The molecule has 0 aliphatic carbocycles. The monoisotopic (exact) mass is 427 g/mol. The zero-order valence-electron chi connectivity index (χ0n) is 17.0. The number of fused-ring (bicyclic) bond motifs is 1. The molecule has 2 aromatic heterocycles. The van der Waals surface area contributed by atoms with Gasteiger partial charge in [-0.05, 0) is 48.2 Å². The minimum Gasteiger partial charge on any atom is -0.462 e. The molecule has 0 aliphatic rings. The molecule has 0 amide bonds. The average molecular weight is 428 g/mol. The molecule has 2 heterocycles. The molecule has 31 heavy (non-hydrogen) atoms. The fraction of sp³-hybridized carbons (Fsp3) is 0.0385. The highest BCUT2D eigenvalue weighted by Crippen LogP contribution is 2.23. The lowest BCUT2D eigenvalue weighted by Gasteiger charge is -1.94. The van der Waals surface area contributed by atoms with Gasteiger partial charge in [-0.15, -0.1) is 11.3 Å². The second-order valence-electron chi connectivity index (χ2n) is 6.26. The van der Waals surface area contributed by atoms with Gasteiger partial charge in [0.25, 0.3) is 0 Å². The Kier molecular flexibility index (Phi) is 9.41. The summed E-state index contributed by atoms with van der Waals surface area (Å²) < 4.78 is 5.79. The molecule has 0 saturated heterocycles. The van der Waals surface area contributed by atoms with Crippen molar-refractivity contribution in [3.63, 3.8) is 0 Å². The zero-order valence-corrected chi connectivity index (χ0v) is 17.8. The van der Waals surface area contributed by atoms with Crippen molar-refractivity contribution in [3.8, 4) is 6.07 Å². The average Bonchev–Trinajstić information content (AvgIpc) is 3.49. The Morgan fingerprint density at radius 1 is 1.03 bits per heavy atom. The van der Waals surface area contributed by atoms with Gasteiger partial charge in [0.2, 0.25) is 0 Å². The van der Waals surface area contributed by atoms with Crippen LogP contribution in [0.2, 0.25) is 0 Å². The van der Waals surface area contributed by atoms with Gasteiger partial charge in [-0.1, -0.05) is 60.7 Å². The van der Waals surface area contributed by atoms with Crippen LogP contribution in [0.1, 0.15) is 31.4 Å². The van der Waals surface area contributed by atoms with Crippen LogP contribution in [-0.2, 0) is 0 Å². The van der Waals surface area contributed by atoms with E-state index in [1.165, 1.54) is 27.9 Å². The van der Waals surface area contributed by atoms with Crippen LogP contribution in [0.25, 0.3) is 16.2 Å². The Hall–Kier alpha value is -4.01. The normalized spacial score (nSPS) is 10.0. The first-order valence-corrected chi connectivity index (χ1v) is 10.1. The largest absolute Gasteiger partial charge is 0.462 e. The van der Waals surface area contributed by atoms with Crippen molar-refractivity contribution >= 4 is 40.1 Å². The van der Waals surface area contributed by atoms with E-state index < -0.39 is 0 Å². The van der Waals surface area contributed by atoms with Crippen LogP contribution >= 0.6 is 11.3 Å². The highest BCUT2D eigenvalue weighted by Gasteiger charge is 1.97. The molecule has 4 nitrogen and oxygen atoms in total. The fourth-order valence-corrected chi connectivity index (χ4v) is 3.28. The third-order valence-electron chi connectivity index (χ3n) is 3.97. The van der Waals surface area contributed by atoms with Crippen molar-refractivity contribution in [2.75, 3.05) is 0 Å². The van der Waals surface area contributed by atoms with Gasteiger partial charge in [0.05, 0.1) is 22.8 Å². The number of rotatable bonds is 4. The molecule has 4 aromatic rings. The van der Waals surface area contributed by atoms with Crippen LogP contribution < -0.4 is 0 Å². The maximum absolute atomic E-state index is 10.4. The molecule has 0 radical (unpaired) electrons. The van der Waals surface area contributed by atoms with Crippen molar-refractivity contribution in [1.82, 2.24) is 0 Å². The number of hydrogen-bond acceptors (Lipinski definition) is 5. The Balaban J connectivity index is 0.000000172. The maximum Gasteiger partial charge on any atom is 0.185 e. The number of carbonyl (C=O) groups is 2. The summed E-state index contributed by atoms with van der Waals surface area (Å²) in [6, 6.07) is 23.2. The number of benzene rings is 2. The summed E-state index contributed by atoms with van der Waals surface area (Å²) in [7, 11) is 0. The molecule has 0 unspecified atom stereocenters. The van der Waals surface area contributed by atoms with E-state index in [2.05, 4.69) is 17.1 Å². The van der Waals surface area contributed by atoms with E-state index in [-0.39, 0.29) is 0 Å². The van der Waals surface area contributed by atoms with Gasteiger partial charge in [0.1, 0.15) is 0 Å². The summed E-state index contributed by atoms with van der Waals surface area (Å²) in [4.78, 5) is 21.0. The standard InChI is InChI=1S/C12H11N.C9H6OS.C5H4O2/c1-3-11(9-13)8-12-6-4-10(2)5-7-12;10-6-8-5-7-3-1-2-4-9(7)11-8;6-4-5-2-1-3-7-5/h3-8H,1H2,2H3;1-6H;1-4H/b11-8-;;. The number of aldehydes is 2. The number of nitrogens with zero attached hydrogens (tertiary/aromatic N) is 1. The van der Waals surface area contributed by atoms with E-state index in [1.807, 2.05) is 67.6 Å². The summed E-state index contributed by atoms with van der Waals surface area (Å²) in [6.07, 6.45) is 6.39. The molecule has 0 aliphatic heterocycles. The van der Waals surface area contributed by atoms with Gasteiger partial charge in [0.15, 0.2) is 18.3 Å². The summed E-state index contributed by atoms with van der Waals surface area (Å²) in [5.41, 5.74) is 2.83. The van der Waals surface area contributed by atoms with E-state index in [0.29, 0.717) is 17.6 Å². The fourth-order valence-electron chi connectivity index (χ4n) is 2.40. The first kappa shape index (κ1) is 23.3. The number of carbonyl (C=O) groups excluding carboxylic acids is 2. The highest BCUT2D eigenvalue weighted by molar-refractivity contribution is 7.20. The molecule has 5 heteroatoms. The second-order valence-corrected chi connectivity index (χ2v) is 7.38. The Morgan fingerprint density at radius 2 is 1.77 bits per heavy atom. The molecule has 0 fully saturated rings. The van der Waals surface area contributed by atoms with Crippen molar-refractivity contribution in [2.45, 2.75) is 6.92 Å². The number of furan rings is 1. The van der Waals surface area contributed by atoms with Gasteiger partial charge in [-0.3, -0.25) is 9.59 Å². The van der Waals surface area contributed by atoms with E-state index >= 15 is 0 Å². The third-order valence-corrected chi connectivity index (χ3v) is 5.01. The predicted octanol–water partition coefficient (Wildman–Crippen LogP) is 6.89. The number of hydrogen-bond donors (Lipinski definition) is 0. The van der Waals surface area contributed by atoms with E-state index in [0.717, 1.165) is 22.1 Å². The SMILES string of the molecule is C=C/C(C#N)=C/c1ccc(C)cc1.O=Cc1cc2ccccc2s1.O=Cc1ccco1. The molecule has 0 bridgehead atoms. The predicted molar refractivity (Wildman–Crippen MR) is 126 cm³/mol. The molecular formula is C26H21NO3S. The van der Waals surface area contributed by atoms with E-state index in [4.69, 9.17) is 5.26 Å². The summed E-state index contributed by atoms with van der Waals surface area (Å²) in [6.45, 7) is 5.59. The zero-order chi connectivity index (χ0) is 22.5. The van der Waals surface area contributed by atoms with Crippen LogP contribution in [0.4, 0.5) is 0 Å². The van der Waals surface area contributed by atoms with Crippen molar-refractivity contribution in [1.29, 1.82) is 5.26 Å². The topological polar surface area (TPSA) is 71.1 Å². The number of allylic oxidation sites excluding steroid dienone is 2. The van der Waals surface area contributed by atoms with Gasteiger partial charge >= 0.3 is 0 Å². The van der Waals surface area contributed by atoms with Crippen molar-refractivity contribution in [2.24, 2.45) is 0 Å². The Bertz CT molecular complexity index is 1160. The highest BCUT2D eigenvalue weighted by atomic mass is 32.1. The second kappa shape index (κ2) is 12.5. The van der Waals surface area contributed by atoms with Gasteiger partial charge in [-0.25, -0.2) is 0 Å². The van der Waals surface area contributed by atoms with Gasteiger partial charge < -0.3 is 4.42 Å².